The maximum Gasteiger partial charge on any atom is 0.246 e. The fourth-order valence-corrected chi connectivity index (χ4v) is 4.58. The van der Waals surface area contributed by atoms with Crippen molar-refractivity contribution in [1.29, 1.82) is 0 Å². The van der Waals surface area contributed by atoms with Crippen LogP contribution in [0.5, 0.6) is 0 Å². The first-order valence-corrected chi connectivity index (χ1v) is 9.25. The van der Waals surface area contributed by atoms with E-state index >= 15 is 0 Å². The zero-order valence-electron chi connectivity index (χ0n) is 13.4. The predicted octanol–water partition coefficient (Wildman–Crippen LogP) is 1.15. The third kappa shape index (κ3) is 3.07. The number of hydrogen-bond donors (Lipinski definition) is 1. The minimum atomic E-state index is -3.72. The van der Waals surface area contributed by atoms with Crippen molar-refractivity contribution in [2.24, 2.45) is 11.7 Å². The SMILES string of the molecule is C[C@@H]1CC[C@H](C(N)=O)CN1S(=O)(=O)c1cnn(-c2ccccc2)c1. The van der Waals surface area contributed by atoms with E-state index in [-0.39, 0.29) is 17.5 Å². The van der Waals surface area contributed by atoms with Crippen LogP contribution in [0.25, 0.3) is 5.69 Å². The number of primary amides is 1. The number of para-hydroxylation sites is 1. The summed E-state index contributed by atoms with van der Waals surface area (Å²) >= 11 is 0. The van der Waals surface area contributed by atoms with Gasteiger partial charge in [-0.15, -0.1) is 0 Å². The van der Waals surface area contributed by atoms with Gasteiger partial charge in [-0.2, -0.15) is 9.40 Å². The number of hydrogen-bond acceptors (Lipinski definition) is 4. The van der Waals surface area contributed by atoms with Gasteiger partial charge in [0.15, 0.2) is 0 Å². The molecule has 8 heteroatoms. The molecule has 1 aromatic heterocycles. The summed E-state index contributed by atoms with van der Waals surface area (Å²) in [7, 11) is -3.72. The summed E-state index contributed by atoms with van der Waals surface area (Å²) in [5, 5.41) is 4.15. The number of nitrogens with zero attached hydrogens (tertiary/aromatic N) is 3. The number of carbonyl (C=O) groups is 1. The highest BCUT2D eigenvalue weighted by molar-refractivity contribution is 7.89. The summed E-state index contributed by atoms with van der Waals surface area (Å²) in [6.07, 6.45) is 4.06. The van der Waals surface area contributed by atoms with E-state index in [9.17, 15) is 13.2 Å². The minimum absolute atomic E-state index is 0.114. The number of sulfonamides is 1. The first-order chi connectivity index (χ1) is 11.4. The van der Waals surface area contributed by atoms with Crippen LogP contribution >= 0.6 is 0 Å². The number of aromatic nitrogens is 2. The lowest BCUT2D eigenvalue weighted by molar-refractivity contribution is -0.123. The Labute approximate surface area is 141 Å². The molecule has 0 aliphatic carbocycles. The number of rotatable bonds is 4. The van der Waals surface area contributed by atoms with Crippen molar-refractivity contribution < 1.29 is 13.2 Å². The Morgan fingerprint density at radius 1 is 1.25 bits per heavy atom. The van der Waals surface area contributed by atoms with E-state index in [4.69, 9.17) is 5.73 Å². The van der Waals surface area contributed by atoms with Crippen molar-refractivity contribution >= 4 is 15.9 Å². The van der Waals surface area contributed by atoms with Gasteiger partial charge in [0.1, 0.15) is 4.90 Å². The molecule has 1 saturated heterocycles. The van der Waals surface area contributed by atoms with Crippen LogP contribution in [0, 0.1) is 5.92 Å². The maximum atomic E-state index is 12.9. The van der Waals surface area contributed by atoms with E-state index in [0.717, 1.165) is 5.69 Å². The molecule has 3 rings (SSSR count). The van der Waals surface area contributed by atoms with Gasteiger partial charge in [-0.05, 0) is 31.9 Å². The monoisotopic (exact) mass is 348 g/mol. The highest BCUT2D eigenvalue weighted by Crippen LogP contribution is 2.28. The Kier molecular flexibility index (Phi) is 4.42. The van der Waals surface area contributed by atoms with Crippen molar-refractivity contribution in [3.05, 3.63) is 42.7 Å². The summed E-state index contributed by atoms with van der Waals surface area (Å²) in [6.45, 7) is 1.96. The Morgan fingerprint density at radius 2 is 1.96 bits per heavy atom. The van der Waals surface area contributed by atoms with Crippen LogP contribution in [0.1, 0.15) is 19.8 Å². The molecule has 0 radical (unpaired) electrons. The molecule has 0 saturated carbocycles. The summed E-state index contributed by atoms with van der Waals surface area (Å²) in [4.78, 5) is 11.6. The quantitative estimate of drug-likeness (QED) is 0.896. The lowest BCUT2D eigenvalue weighted by Gasteiger charge is -2.35. The van der Waals surface area contributed by atoms with Crippen molar-refractivity contribution in [1.82, 2.24) is 14.1 Å². The Balaban J connectivity index is 1.90. The number of nitrogens with two attached hydrogens (primary N) is 1. The molecule has 24 heavy (non-hydrogen) atoms. The van der Waals surface area contributed by atoms with E-state index in [1.165, 1.54) is 21.4 Å². The normalized spacial score (nSPS) is 22.4. The molecule has 0 unspecified atom stereocenters. The van der Waals surface area contributed by atoms with Crippen LogP contribution in [0.3, 0.4) is 0 Å². The van der Waals surface area contributed by atoms with Crippen LogP contribution in [-0.4, -0.2) is 41.0 Å². The zero-order chi connectivity index (χ0) is 17.3. The van der Waals surface area contributed by atoms with E-state index < -0.39 is 21.8 Å². The van der Waals surface area contributed by atoms with Gasteiger partial charge in [0.2, 0.25) is 15.9 Å². The van der Waals surface area contributed by atoms with Gasteiger partial charge in [0.05, 0.1) is 24.0 Å². The molecular weight excluding hydrogens is 328 g/mol. The number of benzene rings is 1. The average Bonchev–Trinajstić information content (AvgIpc) is 3.06. The van der Waals surface area contributed by atoms with Crippen LogP contribution < -0.4 is 5.73 Å². The molecular formula is C16H20N4O3S. The van der Waals surface area contributed by atoms with Gasteiger partial charge in [-0.1, -0.05) is 18.2 Å². The molecule has 0 spiro atoms. The molecule has 2 aromatic rings. The second-order valence-electron chi connectivity index (χ2n) is 6.06. The Hall–Kier alpha value is -2.19. The summed E-state index contributed by atoms with van der Waals surface area (Å²) in [5.41, 5.74) is 6.14. The minimum Gasteiger partial charge on any atom is -0.369 e. The molecule has 2 heterocycles. The second-order valence-corrected chi connectivity index (χ2v) is 7.95. The van der Waals surface area contributed by atoms with Crippen molar-refractivity contribution in [2.45, 2.75) is 30.7 Å². The molecule has 1 amide bonds. The van der Waals surface area contributed by atoms with Crippen LogP contribution in [-0.2, 0) is 14.8 Å². The molecule has 1 aliphatic rings. The first kappa shape index (κ1) is 16.7. The van der Waals surface area contributed by atoms with Crippen LogP contribution in [0.4, 0.5) is 0 Å². The molecule has 0 bridgehead atoms. The van der Waals surface area contributed by atoms with Crippen LogP contribution in [0.15, 0.2) is 47.6 Å². The van der Waals surface area contributed by atoms with Gasteiger partial charge in [0, 0.05) is 12.6 Å². The highest BCUT2D eigenvalue weighted by atomic mass is 32.2. The van der Waals surface area contributed by atoms with E-state index in [0.29, 0.717) is 12.8 Å². The summed E-state index contributed by atoms with van der Waals surface area (Å²) < 4.78 is 28.7. The van der Waals surface area contributed by atoms with Gasteiger partial charge in [-0.25, -0.2) is 13.1 Å². The van der Waals surface area contributed by atoms with E-state index in [1.54, 1.807) is 0 Å². The standard InChI is InChI=1S/C16H20N4O3S/c1-12-7-8-13(16(17)21)10-20(12)24(22,23)15-9-18-19(11-15)14-5-3-2-4-6-14/h2-6,9,11-13H,7-8,10H2,1H3,(H2,17,21)/t12-,13+/m1/s1. The van der Waals surface area contributed by atoms with Crippen LogP contribution in [0.2, 0.25) is 0 Å². The van der Waals surface area contributed by atoms with Crippen molar-refractivity contribution in [3.8, 4) is 5.69 Å². The maximum absolute atomic E-state index is 12.9. The molecule has 7 nitrogen and oxygen atoms in total. The predicted molar refractivity (Wildman–Crippen MR) is 88.8 cm³/mol. The molecule has 1 fully saturated rings. The van der Waals surface area contributed by atoms with E-state index in [2.05, 4.69) is 5.10 Å². The average molecular weight is 348 g/mol. The van der Waals surface area contributed by atoms with Gasteiger partial charge >= 0.3 is 0 Å². The molecule has 2 atom stereocenters. The smallest absolute Gasteiger partial charge is 0.246 e. The first-order valence-electron chi connectivity index (χ1n) is 7.81. The van der Waals surface area contributed by atoms with Gasteiger partial charge < -0.3 is 5.73 Å². The van der Waals surface area contributed by atoms with Gasteiger partial charge in [-0.3, -0.25) is 4.79 Å². The second kappa shape index (κ2) is 6.37. The lowest BCUT2D eigenvalue weighted by atomic mass is 9.95. The summed E-state index contributed by atoms with van der Waals surface area (Å²) in [6, 6.07) is 9.10. The Bertz CT molecular complexity index is 832. The third-order valence-corrected chi connectivity index (χ3v) is 6.35. The van der Waals surface area contributed by atoms with Crippen molar-refractivity contribution in [2.75, 3.05) is 6.54 Å². The van der Waals surface area contributed by atoms with Gasteiger partial charge in [0.25, 0.3) is 0 Å². The van der Waals surface area contributed by atoms with Crippen molar-refractivity contribution in [3.63, 3.8) is 0 Å². The fraction of sp³-hybridized carbons (Fsp3) is 0.375. The lowest BCUT2D eigenvalue weighted by Crippen LogP contribution is -2.48. The number of piperidine rings is 1. The highest BCUT2D eigenvalue weighted by Gasteiger charge is 2.37. The topological polar surface area (TPSA) is 98.3 Å². The molecule has 1 aliphatic heterocycles. The largest absolute Gasteiger partial charge is 0.369 e. The summed E-state index contributed by atoms with van der Waals surface area (Å²) in [5.74, 6) is -0.901. The molecule has 128 valence electrons. The zero-order valence-corrected chi connectivity index (χ0v) is 14.2. The fourth-order valence-electron chi connectivity index (χ4n) is 2.94. The Morgan fingerprint density at radius 3 is 2.62 bits per heavy atom. The van der Waals surface area contributed by atoms with E-state index in [1.807, 2.05) is 37.3 Å². The number of carbonyl (C=O) groups excluding carboxylic acids is 1. The molecule has 1 aromatic carbocycles. The molecule has 2 N–H and O–H groups in total. The third-order valence-electron chi connectivity index (χ3n) is 4.41. The number of amides is 1.